The molecule has 0 fully saturated rings. The zero-order chi connectivity index (χ0) is 18.4. The molecule has 0 saturated carbocycles. The molecule has 0 aliphatic rings. The van der Waals surface area contributed by atoms with E-state index >= 15 is 0 Å². The second kappa shape index (κ2) is 9.15. The van der Waals surface area contributed by atoms with Crippen LogP contribution in [-0.4, -0.2) is 18.7 Å². The molecule has 0 radical (unpaired) electrons. The van der Waals surface area contributed by atoms with Crippen LogP contribution in [0.15, 0.2) is 50.4 Å². The molecule has 6 heteroatoms. The number of halogens is 2. The van der Waals surface area contributed by atoms with Crippen molar-refractivity contribution in [3.05, 3.63) is 62.0 Å². The molecular weight excluding hydrogens is 448 g/mol. The summed E-state index contributed by atoms with van der Waals surface area (Å²) >= 11 is 6.84. The van der Waals surface area contributed by atoms with Crippen LogP contribution in [0, 0.1) is 6.92 Å². The number of carbonyl (C=O) groups is 1. The second-order valence-corrected chi connectivity index (χ2v) is 7.71. The van der Waals surface area contributed by atoms with E-state index in [-0.39, 0.29) is 12.5 Å². The maximum atomic E-state index is 11.9. The van der Waals surface area contributed by atoms with E-state index in [1.165, 1.54) is 5.56 Å². The van der Waals surface area contributed by atoms with Crippen molar-refractivity contribution >= 4 is 44.0 Å². The number of nitrogens with zero attached hydrogens (tertiary/aromatic N) is 1. The summed E-state index contributed by atoms with van der Waals surface area (Å²) in [6, 6.07) is 11.9. The number of hydrogen-bond acceptors (Lipinski definition) is 3. The van der Waals surface area contributed by atoms with E-state index in [4.69, 9.17) is 4.74 Å². The Kier molecular flexibility index (Phi) is 7.20. The zero-order valence-electron chi connectivity index (χ0n) is 14.3. The van der Waals surface area contributed by atoms with Crippen molar-refractivity contribution in [2.24, 2.45) is 5.10 Å². The number of aryl methyl sites for hydroxylation is 1. The first kappa shape index (κ1) is 19.7. The zero-order valence-corrected chi connectivity index (χ0v) is 17.5. The van der Waals surface area contributed by atoms with E-state index in [1.807, 2.05) is 31.2 Å². The summed E-state index contributed by atoms with van der Waals surface area (Å²) in [5.74, 6) is 0.820. The topological polar surface area (TPSA) is 50.7 Å². The monoisotopic (exact) mass is 466 g/mol. The van der Waals surface area contributed by atoms with Gasteiger partial charge in [-0.05, 0) is 57.6 Å². The van der Waals surface area contributed by atoms with Crippen LogP contribution in [0.5, 0.6) is 5.75 Å². The Balaban J connectivity index is 1.86. The lowest BCUT2D eigenvalue weighted by atomic mass is 10.0. The maximum Gasteiger partial charge on any atom is 0.277 e. The average Bonchev–Trinajstić information content (AvgIpc) is 2.54. The number of hydrazone groups is 1. The lowest BCUT2D eigenvalue weighted by molar-refractivity contribution is -0.123. The molecule has 132 valence electrons. The van der Waals surface area contributed by atoms with E-state index in [9.17, 15) is 4.79 Å². The van der Waals surface area contributed by atoms with Crippen LogP contribution in [0.4, 0.5) is 0 Å². The van der Waals surface area contributed by atoms with Crippen molar-refractivity contribution in [3.63, 3.8) is 0 Å². The first-order chi connectivity index (χ1) is 11.9. The van der Waals surface area contributed by atoms with Gasteiger partial charge in [0.2, 0.25) is 0 Å². The summed E-state index contributed by atoms with van der Waals surface area (Å²) in [6.07, 6.45) is 1.61. The normalized spacial score (nSPS) is 11.1. The maximum absolute atomic E-state index is 11.9. The summed E-state index contributed by atoms with van der Waals surface area (Å²) < 4.78 is 7.31. The van der Waals surface area contributed by atoms with Gasteiger partial charge in [-0.1, -0.05) is 54.0 Å². The van der Waals surface area contributed by atoms with Crippen molar-refractivity contribution in [2.45, 2.75) is 26.7 Å². The highest BCUT2D eigenvalue weighted by atomic mass is 79.9. The summed E-state index contributed by atoms with van der Waals surface area (Å²) in [7, 11) is 0. The number of rotatable bonds is 6. The number of carbonyl (C=O) groups excluding carboxylic acids is 1. The smallest absolute Gasteiger partial charge is 0.277 e. The Morgan fingerprint density at radius 3 is 2.52 bits per heavy atom. The lowest BCUT2D eigenvalue weighted by Crippen LogP contribution is -2.24. The number of amides is 1. The third-order valence-electron chi connectivity index (χ3n) is 3.55. The van der Waals surface area contributed by atoms with Gasteiger partial charge in [0.05, 0.1) is 10.7 Å². The highest BCUT2D eigenvalue weighted by Gasteiger charge is 2.09. The predicted octanol–water partition coefficient (Wildman–Crippen LogP) is 5.17. The van der Waals surface area contributed by atoms with Crippen LogP contribution in [-0.2, 0) is 4.79 Å². The fraction of sp³-hybridized carbons (Fsp3) is 0.263. The number of hydrogen-bond donors (Lipinski definition) is 1. The average molecular weight is 468 g/mol. The molecule has 4 nitrogen and oxygen atoms in total. The highest BCUT2D eigenvalue weighted by Crippen LogP contribution is 2.32. The third kappa shape index (κ3) is 5.97. The van der Waals surface area contributed by atoms with E-state index < -0.39 is 0 Å². The summed E-state index contributed by atoms with van der Waals surface area (Å²) in [5, 5.41) is 3.96. The molecule has 0 unspecified atom stereocenters. The van der Waals surface area contributed by atoms with Gasteiger partial charge in [0.15, 0.2) is 6.61 Å². The fourth-order valence-electron chi connectivity index (χ4n) is 2.19. The number of ether oxygens (including phenoxy) is 1. The number of nitrogens with one attached hydrogen (secondary N) is 1. The van der Waals surface area contributed by atoms with Gasteiger partial charge in [-0.25, -0.2) is 5.43 Å². The highest BCUT2D eigenvalue weighted by molar-refractivity contribution is 9.11. The van der Waals surface area contributed by atoms with E-state index in [2.05, 4.69) is 68.4 Å². The van der Waals surface area contributed by atoms with Crippen molar-refractivity contribution in [2.75, 3.05) is 6.61 Å². The molecule has 25 heavy (non-hydrogen) atoms. The van der Waals surface area contributed by atoms with Gasteiger partial charge in [0.25, 0.3) is 5.91 Å². The van der Waals surface area contributed by atoms with Crippen LogP contribution >= 0.6 is 31.9 Å². The van der Waals surface area contributed by atoms with Crippen LogP contribution in [0.2, 0.25) is 0 Å². The molecule has 1 amide bonds. The molecule has 2 rings (SSSR count). The SMILES string of the molecule is Cc1cc(Br)cc(Br)c1OCC(=O)NN=Cc1ccc(C(C)C)cc1. The predicted molar refractivity (Wildman–Crippen MR) is 108 cm³/mol. The minimum absolute atomic E-state index is 0.106. The molecule has 2 aromatic carbocycles. The minimum Gasteiger partial charge on any atom is -0.482 e. The molecule has 1 N–H and O–H groups in total. The second-order valence-electron chi connectivity index (χ2n) is 5.94. The first-order valence-corrected chi connectivity index (χ1v) is 9.45. The molecular formula is C19H20Br2N2O2. The molecule has 0 spiro atoms. The third-order valence-corrected chi connectivity index (χ3v) is 4.59. The van der Waals surface area contributed by atoms with Crippen LogP contribution < -0.4 is 10.2 Å². The molecule has 0 aromatic heterocycles. The van der Waals surface area contributed by atoms with Crippen LogP contribution in [0.25, 0.3) is 0 Å². The Morgan fingerprint density at radius 2 is 1.92 bits per heavy atom. The molecule has 0 aliphatic carbocycles. The van der Waals surface area contributed by atoms with Crippen LogP contribution in [0.1, 0.15) is 36.5 Å². The molecule has 0 atom stereocenters. The van der Waals surface area contributed by atoms with Gasteiger partial charge in [0.1, 0.15) is 5.75 Å². The first-order valence-electron chi connectivity index (χ1n) is 7.87. The van der Waals surface area contributed by atoms with Gasteiger partial charge in [-0.15, -0.1) is 0 Å². The molecule has 0 heterocycles. The van der Waals surface area contributed by atoms with Crippen LogP contribution in [0.3, 0.4) is 0 Å². The van der Waals surface area contributed by atoms with E-state index in [0.29, 0.717) is 11.7 Å². The Morgan fingerprint density at radius 1 is 1.24 bits per heavy atom. The van der Waals surface area contributed by atoms with Crippen molar-refractivity contribution in [1.82, 2.24) is 5.43 Å². The van der Waals surface area contributed by atoms with Gasteiger partial charge < -0.3 is 4.74 Å². The Bertz CT molecular complexity index is 748. The van der Waals surface area contributed by atoms with E-state index in [0.717, 1.165) is 20.1 Å². The van der Waals surface area contributed by atoms with Crippen molar-refractivity contribution < 1.29 is 9.53 Å². The van der Waals surface area contributed by atoms with E-state index in [1.54, 1.807) is 6.21 Å². The fourth-order valence-corrected chi connectivity index (χ4v) is 3.74. The van der Waals surface area contributed by atoms with Gasteiger partial charge >= 0.3 is 0 Å². The number of benzene rings is 2. The molecule has 0 aliphatic heterocycles. The van der Waals surface area contributed by atoms with Gasteiger partial charge in [0, 0.05) is 4.47 Å². The standard InChI is InChI=1S/C19H20Br2N2O2/c1-12(2)15-6-4-14(5-7-15)10-22-23-18(24)11-25-19-13(3)8-16(20)9-17(19)21/h4-10,12H,11H2,1-3H3,(H,23,24). The summed E-state index contributed by atoms with van der Waals surface area (Å²) in [5.41, 5.74) is 5.60. The molecule has 0 saturated heterocycles. The van der Waals surface area contributed by atoms with Crippen molar-refractivity contribution in [3.8, 4) is 5.75 Å². The minimum atomic E-state index is -0.315. The molecule has 0 bridgehead atoms. The molecule has 2 aromatic rings. The quantitative estimate of drug-likeness (QED) is 0.470. The van der Waals surface area contributed by atoms with Gasteiger partial charge in [-0.3, -0.25) is 4.79 Å². The largest absolute Gasteiger partial charge is 0.482 e. The Labute approximate surface area is 164 Å². The lowest BCUT2D eigenvalue weighted by Gasteiger charge is -2.10. The summed E-state index contributed by atoms with van der Waals surface area (Å²) in [6.45, 7) is 6.11. The Hall–Kier alpha value is -1.66. The summed E-state index contributed by atoms with van der Waals surface area (Å²) in [4.78, 5) is 11.9. The van der Waals surface area contributed by atoms with Gasteiger partial charge in [-0.2, -0.15) is 5.10 Å². The van der Waals surface area contributed by atoms with Crippen molar-refractivity contribution in [1.29, 1.82) is 0 Å².